The van der Waals surface area contributed by atoms with E-state index in [0.717, 1.165) is 37.8 Å². The van der Waals surface area contributed by atoms with Gasteiger partial charge in [-0.1, -0.05) is 11.6 Å². The van der Waals surface area contributed by atoms with Gasteiger partial charge in [-0.25, -0.2) is 4.98 Å². The molecule has 1 saturated heterocycles. The van der Waals surface area contributed by atoms with Crippen molar-refractivity contribution < 1.29 is 0 Å². The minimum atomic E-state index is 0.453. The zero-order valence-corrected chi connectivity index (χ0v) is 11.0. The number of piperidine rings is 1. The molecule has 1 N–H and O–H groups in total. The Hall–Kier alpha value is -0.710. The third-order valence-corrected chi connectivity index (χ3v) is 3.33. The molecule has 1 aliphatic heterocycles. The van der Waals surface area contributed by atoms with Crippen molar-refractivity contribution in [2.24, 2.45) is 5.92 Å². The van der Waals surface area contributed by atoms with Crippen LogP contribution in [0.15, 0.2) is 12.4 Å². The molecule has 1 aromatic rings. The van der Waals surface area contributed by atoms with Gasteiger partial charge in [0.2, 0.25) is 0 Å². The van der Waals surface area contributed by atoms with Crippen LogP contribution in [0.2, 0.25) is 5.15 Å². The van der Waals surface area contributed by atoms with Gasteiger partial charge in [-0.05, 0) is 38.9 Å². The first kappa shape index (κ1) is 12.7. The lowest BCUT2D eigenvalue weighted by Crippen LogP contribution is -2.34. The molecule has 2 heterocycles. The van der Waals surface area contributed by atoms with Crippen LogP contribution in [-0.4, -0.2) is 41.5 Å². The van der Waals surface area contributed by atoms with Gasteiger partial charge in [0.25, 0.3) is 0 Å². The lowest BCUT2D eigenvalue weighted by atomic mass is 9.98. The maximum atomic E-state index is 5.71. The highest BCUT2D eigenvalue weighted by atomic mass is 35.5. The second kappa shape index (κ2) is 6.28. The van der Waals surface area contributed by atoms with E-state index in [1.54, 1.807) is 12.4 Å². The molecule has 94 valence electrons. The van der Waals surface area contributed by atoms with Gasteiger partial charge in [-0.3, -0.25) is 4.98 Å². The number of halogens is 1. The Morgan fingerprint density at radius 3 is 2.76 bits per heavy atom. The number of hydrogen-bond donors (Lipinski definition) is 1. The van der Waals surface area contributed by atoms with Gasteiger partial charge in [0.15, 0.2) is 0 Å². The molecule has 0 amide bonds. The quantitative estimate of drug-likeness (QED) is 0.886. The van der Waals surface area contributed by atoms with Crippen molar-refractivity contribution in [1.29, 1.82) is 0 Å². The third kappa shape index (κ3) is 4.22. The van der Waals surface area contributed by atoms with Crippen LogP contribution in [-0.2, 0) is 6.54 Å². The van der Waals surface area contributed by atoms with Crippen molar-refractivity contribution in [3.05, 3.63) is 23.2 Å². The maximum Gasteiger partial charge on any atom is 0.147 e. The van der Waals surface area contributed by atoms with E-state index in [1.165, 1.54) is 12.8 Å². The molecule has 0 unspecified atom stereocenters. The smallest absolute Gasteiger partial charge is 0.147 e. The molecule has 0 spiro atoms. The van der Waals surface area contributed by atoms with Crippen LogP contribution in [0.25, 0.3) is 0 Å². The lowest BCUT2D eigenvalue weighted by Gasteiger charge is -2.27. The number of aromatic nitrogens is 2. The van der Waals surface area contributed by atoms with Crippen LogP contribution in [0.3, 0.4) is 0 Å². The standard InChI is InChI=1S/C12H19ClN4/c1-17(8-10-2-4-14-5-3-10)9-11-6-16-12(13)7-15-11/h6-7,10,14H,2-5,8-9H2,1H3. The molecular weight excluding hydrogens is 236 g/mol. The summed E-state index contributed by atoms with van der Waals surface area (Å²) >= 11 is 5.71. The number of nitrogens with zero attached hydrogens (tertiary/aromatic N) is 3. The van der Waals surface area contributed by atoms with E-state index in [1.807, 2.05) is 0 Å². The molecule has 17 heavy (non-hydrogen) atoms. The summed E-state index contributed by atoms with van der Waals surface area (Å²) in [5.41, 5.74) is 0.978. The largest absolute Gasteiger partial charge is 0.317 e. The zero-order valence-electron chi connectivity index (χ0n) is 10.2. The van der Waals surface area contributed by atoms with Gasteiger partial charge in [-0.15, -0.1) is 0 Å². The molecule has 0 atom stereocenters. The summed E-state index contributed by atoms with van der Waals surface area (Å²) in [6.07, 6.45) is 5.91. The highest BCUT2D eigenvalue weighted by Gasteiger charge is 2.15. The molecule has 0 aliphatic carbocycles. The van der Waals surface area contributed by atoms with Crippen LogP contribution in [0.4, 0.5) is 0 Å². The molecule has 0 aromatic carbocycles. The van der Waals surface area contributed by atoms with Crippen molar-refractivity contribution in [2.75, 3.05) is 26.7 Å². The predicted molar refractivity (Wildman–Crippen MR) is 69.0 cm³/mol. The van der Waals surface area contributed by atoms with E-state index in [-0.39, 0.29) is 0 Å². The second-order valence-electron chi connectivity index (χ2n) is 4.72. The summed E-state index contributed by atoms with van der Waals surface area (Å²) in [4.78, 5) is 10.6. The second-order valence-corrected chi connectivity index (χ2v) is 5.11. The molecule has 4 nitrogen and oxygen atoms in total. The molecular formula is C12H19ClN4. The number of nitrogens with one attached hydrogen (secondary N) is 1. The molecule has 1 aromatic heterocycles. The monoisotopic (exact) mass is 254 g/mol. The fourth-order valence-corrected chi connectivity index (χ4v) is 2.36. The summed E-state index contributed by atoms with van der Waals surface area (Å²) in [6, 6.07) is 0. The van der Waals surface area contributed by atoms with Crippen LogP contribution >= 0.6 is 11.6 Å². The fraction of sp³-hybridized carbons (Fsp3) is 0.667. The first-order valence-corrected chi connectivity index (χ1v) is 6.47. The summed E-state index contributed by atoms with van der Waals surface area (Å²) in [5, 5.41) is 3.84. The Labute approximate surface area is 107 Å². The van der Waals surface area contributed by atoms with Gasteiger partial charge in [0.1, 0.15) is 5.15 Å². The van der Waals surface area contributed by atoms with Gasteiger partial charge in [-0.2, -0.15) is 0 Å². The molecule has 0 bridgehead atoms. The van der Waals surface area contributed by atoms with E-state index in [4.69, 9.17) is 11.6 Å². The van der Waals surface area contributed by atoms with Crippen molar-refractivity contribution in [1.82, 2.24) is 20.2 Å². The van der Waals surface area contributed by atoms with E-state index in [9.17, 15) is 0 Å². The van der Waals surface area contributed by atoms with E-state index in [2.05, 4.69) is 27.2 Å². The van der Waals surface area contributed by atoms with Crippen LogP contribution in [0, 0.1) is 5.92 Å². The van der Waals surface area contributed by atoms with E-state index < -0.39 is 0 Å². The van der Waals surface area contributed by atoms with Crippen molar-refractivity contribution >= 4 is 11.6 Å². The lowest BCUT2D eigenvalue weighted by molar-refractivity contribution is 0.232. The minimum Gasteiger partial charge on any atom is -0.317 e. The fourth-order valence-electron chi connectivity index (χ4n) is 2.27. The SMILES string of the molecule is CN(Cc1cnc(Cl)cn1)CC1CCNCC1. The number of hydrogen-bond acceptors (Lipinski definition) is 4. The maximum absolute atomic E-state index is 5.71. The van der Waals surface area contributed by atoms with Crippen LogP contribution in [0.1, 0.15) is 18.5 Å². The van der Waals surface area contributed by atoms with Crippen LogP contribution in [0.5, 0.6) is 0 Å². The van der Waals surface area contributed by atoms with E-state index >= 15 is 0 Å². The molecule has 5 heteroatoms. The van der Waals surface area contributed by atoms with Gasteiger partial charge in [0.05, 0.1) is 18.1 Å². The molecule has 0 saturated carbocycles. The first-order valence-electron chi connectivity index (χ1n) is 6.10. The molecule has 1 aliphatic rings. The summed E-state index contributed by atoms with van der Waals surface area (Å²) < 4.78 is 0. The highest BCUT2D eigenvalue weighted by Crippen LogP contribution is 2.13. The predicted octanol–water partition coefficient (Wildman–Crippen LogP) is 1.56. The van der Waals surface area contributed by atoms with Crippen LogP contribution < -0.4 is 5.32 Å². The highest BCUT2D eigenvalue weighted by molar-refractivity contribution is 6.29. The molecule has 0 radical (unpaired) electrons. The normalized spacial score (nSPS) is 17.6. The van der Waals surface area contributed by atoms with Gasteiger partial charge in [0, 0.05) is 13.1 Å². The first-order chi connectivity index (χ1) is 8.24. The van der Waals surface area contributed by atoms with Gasteiger partial charge < -0.3 is 10.2 Å². The third-order valence-electron chi connectivity index (χ3n) is 3.13. The molecule has 1 fully saturated rings. The summed E-state index contributed by atoms with van der Waals surface area (Å²) in [7, 11) is 2.14. The average Bonchev–Trinajstić information content (AvgIpc) is 2.33. The minimum absolute atomic E-state index is 0.453. The Morgan fingerprint density at radius 2 is 2.12 bits per heavy atom. The Balaban J connectivity index is 1.79. The van der Waals surface area contributed by atoms with Crippen molar-refractivity contribution in [3.8, 4) is 0 Å². The average molecular weight is 255 g/mol. The Bertz CT molecular complexity index is 335. The van der Waals surface area contributed by atoms with E-state index in [0.29, 0.717) is 5.15 Å². The van der Waals surface area contributed by atoms with Crippen molar-refractivity contribution in [2.45, 2.75) is 19.4 Å². The topological polar surface area (TPSA) is 41.1 Å². The number of rotatable bonds is 4. The van der Waals surface area contributed by atoms with Gasteiger partial charge >= 0.3 is 0 Å². The zero-order chi connectivity index (χ0) is 12.1. The molecule has 2 rings (SSSR count). The summed E-state index contributed by atoms with van der Waals surface area (Å²) in [6.45, 7) is 4.28. The Kier molecular flexibility index (Phi) is 4.71. The van der Waals surface area contributed by atoms with Crippen molar-refractivity contribution in [3.63, 3.8) is 0 Å². The Morgan fingerprint density at radius 1 is 1.35 bits per heavy atom. The summed E-state index contributed by atoms with van der Waals surface area (Å²) in [5.74, 6) is 0.807.